The zero-order chi connectivity index (χ0) is 0. The van der Waals surface area contributed by atoms with Gasteiger partial charge in [0.2, 0.25) is 0 Å². The Bertz CT molecular complexity index is 3.25. The van der Waals surface area contributed by atoms with Gasteiger partial charge in [-0.1, -0.05) is 0 Å². The van der Waals surface area contributed by atoms with E-state index in [1.807, 2.05) is 0 Å². The van der Waals surface area contributed by atoms with E-state index < -0.39 is 0 Å². The van der Waals surface area contributed by atoms with E-state index in [1.54, 1.807) is 0 Å². The topological polar surface area (TPSA) is 0 Å². The van der Waals surface area contributed by atoms with E-state index in [2.05, 4.69) is 0 Å². The molecule has 4 heteroatoms. The predicted molar refractivity (Wildman–Crippen MR) is 23.0 cm³/mol. The summed E-state index contributed by atoms with van der Waals surface area (Å²) in [5.74, 6) is 0. The van der Waals surface area contributed by atoms with Crippen molar-refractivity contribution in [2.24, 2.45) is 0 Å². The van der Waals surface area contributed by atoms with Gasteiger partial charge < -0.3 is 0 Å². The summed E-state index contributed by atoms with van der Waals surface area (Å²) >= 11 is 0. The van der Waals surface area contributed by atoms with Crippen LogP contribution in [0.4, 0.5) is 0 Å². The van der Waals surface area contributed by atoms with Crippen molar-refractivity contribution in [3.63, 3.8) is 0 Å². The van der Waals surface area contributed by atoms with E-state index in [0.29, 0.717) is 0 Å². The van der Waals surface area contributed by atoms with Crippen LogP contribution < -0.4 is 0 Å². The molecular weight excluding hydrogens is 503 g/mol. The first-order valence-corrected chi connectivity index (χ1v) is 0. The summed E-state index contributed by atoms with van der Waals surface area (Å²) in [5, 5.41) is 0. The molecule has 11 radical (unpaired) electrons. The molecule has 0 nitrogen and oxygen atoms in total. The van der Waals surface area contributed by atoms with E-state index >= 15 is 0 Å². The summed E-state index contributed by atoms with van der Waals surface area (Å²) < 4.78 is 0. The van der Waals surface area contributed by atoms with Crippen molar-refractivity contribution in [1.29, 1.82) is 0 Å². The van der Waals surface area contributed by atoms with Gasteiger partial charge in [0.25, 0.3) is 0 Å². The molecule has 0 saturated heterocycles. The molecule has 0 atom stereocenters. The summed E-state index contributed by atoms with van der Waals surface area (Å²) in [7, 11) is 0. The van der Waals surface area contributed by atoms with Crippen LogP contribution >= 0.6 is 0 Å². The minimum atomic E-state index is 0. The van der Waals surface area contributed by atoms with E-state index in [-0.39, 0.29) is 122 Å². The average molecular weight is 503 g/mol. The molecule has 0 N–H and O–H groups in total. The number of rotatable bonds is 0. The summed E-state index contributed by atoms with van der Waals surface area (Å²) in [6.07, 6.45) is 0. The molecule has 0 rings (SSSR count). The number of hydrogen-bond donors (Lipinski definition) is 0. The molecule has 0 spiro atoms. The SMILES string of the molecule is [Ba].[Sb].[Sb].[Sb]. The van der Waals surface area contributed by atoms with Gasteiger partial charge in [-0.3, -0.25) is 0 Å². The van der Waals surface area contributed by atoms with Crippen molar-refractivity contribution in [2.45, 2.75) is 0 Å². The Hall–Kier alpha value is 4.03. The second-order valence-electron chi connectivity index (χ2n) is 0. The molecule has 0 bridgehead atoms. The van der Waals surface area contributed by atoms with Crippen LogP contribution in [0.1, 0.15) is 0 Å². The third-order valence-corrected chi connectivity index (χ3v) is 0. The van der Waals surface area contributed by atoms with Gasteiger partial charge in [0, 0.05) is 122 Å². The molecule has 0 aliphatic heterocycles. The van der Waals surface area contributed by atoms with Crippen LogP contribution in [-0.4, -0.2) is 122 Å². The fourth-order valence-corrected chi connectivity index (χ4v) is 0. The fraction of sp³-hybridized carbons (Fsp3) is 0. The summed E-state index contributed by atoms with van der Waals surface area (Å²) in [6, 6.07) is 0. The predicted octanol–water partition coefficient (Wildman–Crippen LogP) is -1.52. The first kappa shape index (κ1) is 24.4. The van der Waals surface area contributed by atoms with Crippen LogP contribution in [0, 0.1) is 0 Å². The van der Waals surface area contributed by atoms with Crippen molar-refractivity contribution in [3.8, 4) is 0 Å². The maximum atomic E-state index is 0. The summed E-state index contributed by atoms with van der Waals surface area (Å²) in [5.41, 5.74) is 0. The van der Waals surface area contributed by atoms with Crippen LogP contribution in [0.25, 0.3) is 0 Å². The Labute approximate surface area is 119 Å². The minimum Gasteiger partial charge on any atom is 0 e. The van der Waals surface area contributed by atoms with Gasteiger partial charge in [-0.25, -0.2) is 0 Å². The molecule has 0 aromatic heterocycles. The minimum absolute atomic E-state index is 0. The van der Waals surface area contributed by atoms with Gasteiger partial charge in [0.1, 0.15) is 0 Å². The number of hydrogen-bond acceptors (Lipinski definition) is 0. The second kappa shape index (κ2) is 15.7. The molecule has 0 aliphatic rings. The molecule has 0 aromatic rings. The molecule has 0 aromatic carbocycles. The maximum Gasteiger partial charge on any atom is 0 e. The van der Waals surface area contributed by atoms with Gasteiger partial charge in [-0.2, -0.15) is 0 Å². The Balaban J connectivity index is 0. The Morgan fingerprint density at radius 2 is 0.500 bits per heavy atom. The molecule has 0 heterocycles. The van der Waals surface area contributed by atoms with Gasteiger partial charge >= 0.3 is 0 Å². The van der Waals surface area contributed by atoms with Crippen LogP contribution in [0.3, 0.4) is 0 Å². The smallest absolute Gasteiger partial charge is 0 e. The molecule has 0 unspecified atom stereocenters. The van der Waals surface area contributed by atoms with Gasteiger partial charge in [0.05, 0.1) is 0 Å². The summed E-state index contributed by atoms with van der Waals surface area (Å²) in [6.45, 7) is 0. The largest absolute Gasteiger partial charge is 0 e. The van der Waals surface area contributed by atoms with Crippen molar-refractivity contribution in [2.75, 3.05) is 0 Å². The van der Waals surface area contributed by atoms with Gasteiger partial charge in [-0.15, -0.1) is 0 Å². The zero-order valence-electron chi connectivity index (χ0n) is 2.05. The Morgan fingerprint density at radius 1 is 0.500 bits per heavy atom. The zero-order valence-corrected chi connectivity index (χ0v) is 14.1. The molecule has 4 heavy (non-hydrogen) atoms. The van der Waals surface area contributed by atoms with Crippen molar-refractivity contribution < 1.29 is 0 Å². The van der Waals surface area contributed by atoms with Gasteiger partial charge in [0.15, 0.2) is 0 Å². The van der Waals surface area contributed by atoms with Crippen LogP contribution in [0.5, 0.6) is 0 Å². The third kappa shape index (κ3) is 9.39. The van der Waals surface area contributed by atoms with Crippen LogP contribution in [0.2, 0.25) is 0 Å². The quantitative estimate of drug-likeness (QED) is 0.353. The Morgan fingerprint density at radius 3 is 0.500 bits per heavy atom. The first-order chi connectivity index (χ1) is 0. The van der Waals surface area contributed by atoms with Crippen LogP contribution in [-0.2, 0) is 0 Å². The van der Waals surface area contributed by atoms with Crippen molar-refractivity contribution in [3.05, 3.63) is 0 Å². The molecule has 0 fully saturated rings. The molecule has 0 saturated carbocycles. The molecular formula is BaSb3. The molecule has 17 valence electrons. The normalized spacial score (nSPS) is 0. The van der Waals surface area contributed by atoms with E-state index in [1.165, 1.54) is 0 Å². The second-order valence-corrected chi connectivity index (χ2v) is 0. The van der Waals surface area contributed by atoms with E-state index in [9.17, 15) is 0 Å². The third-order valence-electron chi connectivity index (χ3n) is 0. The maximum absolute atomic E-state index is 0. The average Bonchev–Trinajstić information content (AvgIpc) is 0. The monoisotopic (exact) mass is 501 g/mol. The standard InChI is InChI=1S/Ba.3Sb. The summed E-state index contributed by atoms with van der Waals surface area (Å²) in [4.78, 5) is 0. The van der Waals surface area contributed by atoms with E-state index in [4.69, 9.17) is 0 Å². The van der Waals surface area contributed by atoms with Crippen molar-refractivity contribution in [1.82, 2.24) is 0 Å². The van der Waals surface area contributed by atoms with E-state index in [0.717, 1.165) is 0 Å². The van der Waals surface area contributed by atoms with Crippen molar-refractivity contribution >= 4 is 122 Å². The molecule has 0 amide bonds. The first-order valence-electron chi connectivity index (χ1n) is 0. The fourth-order valence-electron chi connectivity index (χ4n) is 0. The van der Waals surface area contributed by atoms with Gasteiger partial charge in [-0.05, 0) is 0 Å². The Kier molecular flexibility index (Phi) is 96.2. The molecule has 0 aliphatic carbocycles. The van der Waals surface area contributed by atoms with Crippen LogP contribution in [0.15, 0.2) is 0 Å².